The van der Waals surface area contributed by atoms with Crippen LogP contribution in [0.15, 0.2) is 11.4 Å². The molecule has 1 atom stereocenters. The normalized spacial score (nSPS) is 19.2. The number of esters is 1. The number of rotatable bonds is 4. The molecule has 0 spiro atoms. The van der Waals surface area contributed by atoms with E-state index < -0.39 is 20.6 Å². The van der Waals surface area contributed by atoms with E-state index >= 15 is 0 Å². The molecule has 128 valence electrons. The smallest absolute Gasteiger partial charge is 0.341 e. The summed E-state index contributed by atoms with van der Waals surface area (Å²) in [5, 5.41) is 2.19. The molecule has 0 bridgehead atoms. The minimum Gasteiger partial charge on any atom is -0.456 e. The van der Waals surface area contributed by atoms with Crippen molar-refractivity contribution >= 4 is 47.9 Å². The SMILES string of the molecule is CC(C)(C)OC(=O)c1ccsc1N1CC(CS(=O)(=O)Cl)CC1=O. The standard InChI is InChI=1S/C14H18ClNO5S2/c1-14(2,3)21-13(18)10-4-5-22-12(10)16-7-9(6-11(16)17)8-23(15,19)20/h4-5,9H,6-8H2,1-3H3. The van der Waals surface area contributed by atoms with Gasteiger partial charge in [-0.05, 0) is 32.2 Å². The Hall–Kier alpha value is -1.12. The summed E-state index contributed by atoms with van der Waals surface area (Å²) >= 11 is 1.25. The molecule has 6 nitrogen and oxygen atoms in total. The van der Waals surface area contributed by atoms with Crippen molar-refractivity contribution in [3.8, 4) is 0 Å². The minimum absolute atomic E-state index is 0.0948. The lowest BCUT2D eigenvalue weighted by molar-refractivity contribution is -0.117. The van der Waals surface area contributed by atoms with Gasteiger partial charge in [-0.2, -0.15) is 0 Å². The zero-order valence-electron chi connectivity index (χ0n) is 13.0. The number of nitrogens with zero attached hydrogens (tertiary/aromatic N) is 1. The molecule has 1 aliphatic rings. The summed E-state index contributed by atoms with van der Waals surface area (Å²) in [5.74, 6) is -1.36. The van der Waals surface area contributed by atoms with Crippen LogP contribution in [-0.4, -0.2) is 38.2 Å². The Morgan fingerprint density at radius 1 is 1.48 bits per heavy atom. The predicted molar refractivity (Wildman–Crippen MR) is 89.6 cm³/mol. The van der Waals surface area contributed by atoms with E-state index in [-0.39, 0.29) is 30.5 Å². The molecule has 9 heteroatoms. The number of anilines is 1. The Labute approximate surface area is 143 Å². The van der Waals surface area contributed by atoms with Crippen molar-refractivity contribution in [1.82, 2.24) is 0 Å². The van der Waals surface area contributed by atoms with Crippen LogP contribution in [0.5, 0.6) is 0 Å². The molecule has 1 aromatic heterocycles. The van der Waals surface area contributed by atoms with Gasteiger partial charge >= 0.3 is 5.97 Å². The predicted octanol–water partition coefficient (Wildman–Crippen LogP) is 2.62. The summed E-state index contributed by atoms with van der Waals surface area (Å²) in [6, 6.07) is 1.60. The molecule has 1 fully saturated rings. The number of thiophene rings is 1. The van der Waals surface area contributed by atoms with E-state index in [4.69, 9.17) is 15.4 Å². The number of hydrogen-bond acceptors (Lipinski definition) is 6. The maximum absolute atomic E-state index is 12.2. The first-order valence-electron chi connectivity index (χ1n) is 7.00. The maximum Gasteiger partial charge on any atom is 0.341 e. The first-order chi connectivity index (χ1) is 10.5. The summed E-state index contributed by atoms with van der Waals surface area (Å²) in [6.45, 7) is 5.51. The number of carbonyl (C=O) groups excluding carboxylic acids is 2. The summed E-state index contributed by atoms with van der Waals surface area (Å²) < 4.78 is 27.7. The van der Waals surface area contributed by atoms with Crippen LogP contribution in [0.2, 0.25) is 0 Å². The van der Waals surface area contributed by atoms with Gasteiger partial charge in [0.1, 0.15) is 10.6 Å². The molecule has 1 aromatic rings. The van der Waals surface area contributed by atoms with Gasteiger partial charge in [-0.3, -0.25) is 4.79 Å². The van der Waals surface area contributed by atoms with Gasteiger partial charge in [0.05, 0.1) is 11.3 Å². The zero-order chi connectivity index (χ0) is 17.4. The van der Waals surface area contributed by atoms with Crippen molar-refractivity contribution in [3.63, 3.8) is 0 Å². The second kappa shape index (κ2) is 6.41. The molecule has 2 rings (SSSR count). The Balaban J connectivity index is 2.19. The van der Waals surface area contributed by atoms with Gasteiger partial charge in [0, 0.05) is 29.6 Å². The van der Waals surface area contributed by atoms with Crippen molar-refractivity contribution in [2.75, 3.05) is 17.2 Å². The van der Waals surface area contributed by atoms with Crippen LogP contribution in [-0.2, 0) is 18.6 Å². The van der Waals surface area contributed by atoms with Gasteiger partial charge in [-0.1, -0.05) is 0 Å². The Morgan fingerprint density at radius 3 is 2.70 bits per heavy atom. The third-order valence-corrected chi connectivity index (χ3v) is 5.33. The molecule has 0 radical (unpaired) electrons. The van der Waals surface area contributed by atoms with Crippen molar-refractivity contribution in [3.05, 3.63) is 17.0 Å². The van der Waals surface area contributed by atoms with Crippen LogP contribution in [0, 0.1) is 5.92 Å². The van der Waals surface area contributed by atoms with Crippen molar-refractivity contribution in [1.29, 1.82) is 0 Å². The highest BCUT2D eigenvalue weighted by molar-refractivity contribution is 8.13. The molecule has 1 amide bonds. The van der Waals surface area contributed by atoms with Crippen LogP contribution in [0.1, 0.15) is 37.6 Å². The molecule has 1 unspecified atom stereocenters. The summed E-state index contributed by atoms with van der Waals surface area (Å²) in [4.78, 5) is 25.9. The number of halogens is 1. The average Bonchev–Trinajstić information content (AvgIpc) is 2.90. The van der Waals surface area contributed by atoms with E-state index in [1.165, 1.54) is 16.2 Å². The average molecular weight is 380 g/mol. The van der Waals surface area contributed by atoms with E-state index in [1.807, 2.05) is 0 Å². The molecule has 2 heterocycles. The Morgan fingerprint density at radius 2 is 2.13 bits per heavy atom. The summed E-state index contributed by atoms with van der Waals surface area (Å²) in [6.07, 6.45) is 0.0948. The van der Waals surface area contributed by atoms with E-state index in [9.17, 15) is 18.0 Å². The lowest BCUT2D eigenvalue weighted by atomic mass is 10.1. The van der Waals surface area contributed by atoms with Gasteiger partial charge in [0.2, 0.25) is 15.0 Å². The molecule has 0 aliphatic carbocycles. The highest BCUT2D eigenvalue weighted by Crippen LogP contribution is 2.34. The van der Waals surface area contributed by atoms with Crippen LogP contribution in [0.4, 0.5) is 5.00 Å². The maximum atomic E-state index is 12.2. The monoisotopic (exact) mass is 379 g/mol. The Bertz CT molecular complexity index is 720. The van der Waals surface area contributed by atoms with E-state index in [0.29, 0.717) is 10.6 Å². The topological polar surface area (TPSA) is 80.8 Å². The second-order valence-corrected chi connectivity index (χ2v) is 10.1. The van der Waals surface area contributed by atoms with Crippen molar-refractivity contribution in [2.24, 2.45) is 5.92 Å². The third-order valence-electron chi connectivity index (χ3n) is 3.15. The molecule has 1 aliphatic heterocycles. The van der Waals surface area contributed by atoms with Crippen LogP contribution in [0.3, 0.4) is 0 Å². The fourth-order valence-electron chi connectivity index (χ4n) is 2.37. The van der Waals surface area contributed by atoms with Crippen LogP contribution in [0.25, 0.3) is 0 Å². The molecular weight excluding hydrogens is 362 g/mol. The largest absolute Gasteiger partial charge is 0.456 e. The summed E-state index contributed by atoms with van der Waals surface area (Å²) in [7, 11) is 1.59. The molecule has 23 heavy (non-hydrogen) atoms. The van der Waals surface area contributed by atoms with Gasteiger partial charge in [-0.15, -0.1) is 11.3 Å². The highest BCUT2D eigenvalue weighted by atomic mass is 35.7. The van der Waals surface area contributed by atoms with Gasteiger partial charge in [0.25, 0.3) is 0 Å². The first kappa shape index (κ1) is 18.2. The molecule has 0 N–H and O–H groups in total. The number of carbonyl (C=O) groups is 2. The van der Waals surface area contributed by atoms with Crippen molar-refractivity contribution in [2.45, 2.75) is 32.8 Å². The highest BCUT2D eigenvalue weighted by Gasteiger charge is 2.36. The molecule has 0 aromatic carbocycles. The van der Waals surface area contributed by atoms with Gasteiger partial charge < -0.3 is 9.64 Å². The second-order valence-electron chi connectivity index (χ2n) is 6.42. The lowest BCUT2D eigenvalue weighted by Crippen LogP contribution is -2.28. The number of hydrogen-bond donors (Lipinski definition) is 0. The first-order valence-corrected chi connectivity index (χ1v) is 10.4. The molecular formula is C14H18ClNO5S2. The number of ether oxygens (including phenoxy) is 1. The fraction of sp³-hybridized carbons (Fsp3) is 0.571. The van der Waals surface area contributed by atoms with Crippen molar-refractivity contribution < 1.29 is 22.7 Å². The third kappa shape index (κ3) is 4.92. The van der Waals surface area contributed by atoms with E-state index in [2.05, 4.69) is 0 Å². The zero-order valence-corrected chi connectivity index (χ0v) is 15.4. The van der Waals surface area contributed by atoms with Gasteiger partial charge in [-0.25, -0.2) is 13.2 Å². The van der Waals surface area contributed by atoms with Gasteiger partial charge in [0.15, 0.2) is 0 Å². The van der Waals surface area contributed by atoms with Crippen LogP contribution >= 0.6 is 22.0 Å². The summed E-state index contributed by atoms with van der Waals surface area (Å²) in [5.41, 5.74) is -0.326. The van der Waals surface area contributed by atoms with Crippen LogP contribution < -0.4 is 4.90 Å². The number of amides is 1. The lowest BCUT2D eigenvalue weighted by Gasteiger charge is -2.21. The van der Waals surface area contributed by atoms with E-state index in [1.54, 1.807) is 32.2 Å². The quantitative estimate of drug-likeness (QED) is 0.593. The molecule has 0 saturated carbocycles. The molecule has 1 saturated heterocycles. The van der Waals surface area contributed by atoms with E-state index in [0.717, 1.165) is 0 Å². The Kier molecular flexibility index (Phi) is 5.08. The fourth-order valence-corrected chi connectivity index (χ4v) is 4.61. The minimum atomic E-state index is -3.67.